The van der Waals surface area contributed by atoms with Gasteiger partial charge in [-0.15, -0.1) is 0 Å². The molecule has 6 heteroatoms. The number of piperidine rings is 1. The summed E-state index contributed by atoms with van der Waals surface area (Å²) in [6.45, 7) is 8.38. The van der Waals surface area contributed by atoms with E-state index in [1.54, 1.807) is 7.11 Å². The first-order valence-electron chi connectivity index (χ1n) is 10.8. The van der Waals surface area contributed by atoms with Gasteiger partial charge in [-0.2, -0.15) is 0 Å². The van der Waals surface area contributed by atoms with Crippen LogP contribution in [0.2, 0.25) is 0 Å². The third-order valence-electron chi connectivity index (χ3n) is 5.11. The van der Waals surface area contributed by atoms with Gasteiger partial charge < -0.3 is 24.4 Å². The summed E-state index contributed by atoms with van der Waals surface area (Å²) in [6, 6.07) is 15.7. The van der Waals surface area contributed by atoms with Crippen LogP contribution in [0.5, 0.6) is 17.2 Å². The molecule has 0 radical (unpaired) electrons. The van der Waals surface area contributed by atoms with Gasteiger partial charge in [-0.05, 0) is 56.5 Å². The van der Waals surface area contributed by atoms with Crippen LogP contribution in [0.3, 0.4) is 0 Å². The van der Waals surface area contributed by atoms with Crippen molar-refractivity contribution in [2.45, 2.75) is 39.3 Å². The second-order valence-corrected chi connectivity index (χ2v) is 7.21. The molecule has 0 bridgehead atoms. The van der Waals surface area contributed by atoms with E-state index in [4.69, 9.17) is 19.2 Å². The largest absolute Gasteiger partial charge is 0.493 e. The van der Waals surface area contributed by atoms with Gasteiger partial charge in [0, 0.05) is 26.2 Å². The zero-order valence-corrected chi connectivity index (χ0v) is 18.3. The van der Waals surface area contributed by atoms with Gasteiger partial charge in [0.1, 0.15) is 5.75 Å². The van der Waals surface area contributed by atoms with Gasteiger partial charge in [-0.3, -0.25) is 0 Å². The molecule has 0 amide bonds. The van der Waals surface area contributed by atoms with Crippen molar-refractivity contribution >= 4 is 5.96 Å². The summed E-state index contributed by atoms with van der Waals surface area (Å²) in [4.78, 5) is 7.18. The monoisotopic (exact) mass is 411 g/mol. The second-order valence-electron chi connectivity index (χ2n) is 7.21. The number of methoxy groups -OCH3 is 1. The van der Waals surface area contributed by atoms with Gasteiger partial charge in [-0.25, -0.2) is 4.99 Å². The molecular formula is C24H33N3O3. The fraction of sp³-hybridized carbons (Fsp3) is 0.458. The van der Waals surface area contributed by atoms with Crippen molar-refractivity contribution in [3.63, 3.8) is 0 Å². The molecule has 0 unspecified atom stereocenters. The van der Waals surface area contributed by atoms with Crippen molar-refractivity contribution < 1.29 is 14.2 Å². The molecule has 1 N–H and O–H groups in total. The van der Waals surface area contributed by atoms with Gasteiger partial charge in [0.2, 0.25) is 0 Å². The van der Waals surface area contributed by atoms with E-state index in [2.05, 4.69) is 36.2 Å². The van der Waals surface area contributed by atoms with Crippen LogP contribution in [0, 0.1) is 0 Å². The number of rotatable bonds is 8. The van der Waals surface area contributed by atoms with Crippen molar-refractivity contribution in [1.82, 2.24) is 10.2 Å². The SMILES string of the molecule is CCNC(=NCc1ccc(Oc2ccccc2OC)cc1)N1CCC(OCC)CC1. The maximum atomic E-state index is 5.95. The van der Waals surface area contributed by atoms with E-state index in [9.17, 15) is 0 Å². The molecule has 0 atom stereocenters. The number of aliphatic imine (C=N–C) groups is 1. The number of likely N-dealkylation sites (tertiary alicyclic amines) is 1. The summed E-state index contributed by atoms with van der Waals surface area (Å²) in [6.07, 6.45) is 2.48. The fourth-order valence-electron chi connectivity index (χ4n) is 3.55. The number of nitrogens with one attached hydrogen (secondary N) is 1. The number of benzene rings is 2. The zero-order valence-electron chi connectivity index (χ0n) is 18.3. The Morgan fingerprint density at radius 1 is 1.03 bits per heavy atom. The number of guanidine groups is 1. The van der Waals surface area contributed by atoms with Crippen molar-refractivity contribution in [3.05, 3.63) is 54.1 Å². The van der Waals surface area contributed by atoms with E-state index in [1.165, 1.54) is 0 Å². The Morgan fingerprint density at radius 3 is 2.37 bits per heavy atom. The molecule has 3 rings (SSSR count). The summed E-state index contributed by atoms with van der Waals surface area (Å²) in [5, 5.41) is 3.42. The van der Waals surface area contributed by atoms with E-state index < -0.39 is 0 Å². The molecule has 6 nitrogen and oxygen atoms in total. The molecule has 1 fully saturated rings. The molecule has 1 aliphatic rings. The molecular weight excluding hydrogens is 378 g/mol. The van der Waals surface area contributed by atoms with E-state index >= 15 is 0 Å². The van der Waals surface area contributed by atoms with Crippen molar-refractivity contribution in [3.8, 4) is 17.2 Å². The van der Waals surface area contributed by atoms with Crippen LogP contribution < -0.4 is 14.8 Å². The smallest absolute Gasteiger partial charge is 0.194 e. The number of hydrogen-bond donors (Lipinski definition) is 1. The Kier molecular flexibility index (Phi) is 8.39. The summed E-state index contributed by atoms with van der Waals surface area (Å²) in [7, 11) is 1.64. The van der Waals surface area contributed by atoms with Gasteiger partial charge in [0.25, 0.3) is 0 Å². The zero-order chi connectivity index (χ0) is 21.2. The van der Waals surface area contributed by atoms with Gasteiger partial charge in [0.15, 0.2) is 17.5 Å². The highest BCUT2D eigenvalue weighted by atomic mass is 16.5. The third-order valence-corrected chi connectivity index (χ3v) is 5.11. The lowest BCUT2D eigenvalue weighted by Gasteiger charge is -2.34. The van der Waals surface area contributed by atoms with Crippen LogP contribution in [-0.2, 0) is 11.3 Å². The summed E-state index contributed by atoms with van der Waals surface area (Å²) >= 11 is 0. The Morgan fingerprint density at radius 2 is 1.73 bits per heavy atom. The Balaban J connectivity index is 1.59. The van der Waals surface area contributed by atoms with Crippen LogP contribution in [0.4, 0.5) is 0 Å². The van der Waals surface area contributed by atoms with E-state index in [1.807, 2.05) is 36.4 Å². The maximum Gasteiger partial charge on any atom is 0.194 e. The minimum atomic E-state index is 0.380. The normalized spacial score (nSPS) is 15.2. The summed E-state index contributed by atoms with van der Waals surface area (Å²) in [5.74, 6) is 3.17. The van der Waals surface area contributed by atoms with Crippen LogP contribution in [0.25, 0.3) is 0 Å². The lowest BCUT2D eigenvalue weighted by molar-refractivity contribution is 0.0263. The first-order valence-corrected chi connectivity index (χ1v) is 10.8. The molecule has 1 aliphatic heterocycles. The molecule has 0 aliphatic carbocycles. The Hall–Kier alpha value is -2.73. The molecule has 2 aromatic carbocycles. The quantitative estimate of drug-likeness (QED) is 0.514. The summed E-state index contributed by atoms with van der Waals surface area (Å²) in [5.41, 5.74) is 1.14. The van der Waals surface area contributed by atoms with E-state index in [0.29, 0.717) is 18.4 Å². The average molecular weight is 412 g/mol. The number of ether oxygens (including phenoxy) is 3. The molecule has 1 saturated heterocycles. The number of para-hydroxylation sites is 2. The minimum Gasteiger partial charge on any atom is -0.493 e. The predicted octanol–water partition coefficient (Wildman–Crippen LogP) is 4.45. The summed E-state index contributed by atoms with van der Waals surface area (Å²) < 4.78 is 17.1. The van der Waals surface area contributed by atoms with Crippen molar-refractivity contribution in [1.29, 1.82) is 0 Å². The molecule has 0 aromatic heterocycles. The van der Waals surface area contributed by atoms with Gasteiger partial charge in [0.05, 0.1) is 19.8 Å². The molecule has 0 saturated carbocycles. The maximum absolute atomic E-state index is 5.95. The molecule has 30 heavy (non-hydrogen) atoms. The van der Waals surface area contributed by atoms with Crippen LogP contribution in [0.1, 0.15) is 32.3 Å². The van der Waals surface area contributed by atoms with E-state index in [0.717, 1.165) is 62.1 Å². The van der Waals surface area contributed by atoms with Crippen LogP contribution in [-0.4, -0.2) is 50.3 Å². The predicted molar refractivity (Wildman–Crippen MR) is 121 cm³/mol. The van der Waals surface area contributed by atoms with Gasteiger partial charge >= 0.3 is 0 Å². The van der Waals surface area contributed by atoms with Crippen molar-refractivity contribution in [2.75, 3.05) is 33.4 Å². The van der Waals surface area contributed by atoms with Crippen LogP contribution in [0.15, 0.2) is 53.5 Å². The lowest BCUT2D eigenvalue weighted by atomic mass is 10.1. The Labute approximate surface area is 179 Å². The van der Waals surface area contributed by atoms with Gasteiger partial charge in [-0.1, -0.05) is 24.3 Å². The van der Waals surface area contributed by atoms with E-state index in [-0.39, 0.29) is 0 Å². The van der Waals surface area contributed by atoms with Crippen LogP contribution >= 0.6 is 0 Å². The molecule has 1 heterocycles. The molecule has 162 valence electrons. The Bertz CT molecular complexity index is 800. The number of hydrogen-bond acceptors (Lipinski definition) is 4. The highest BCUT2D eigenvalue weighted by Gasteiger charge is 2.21. The molecule has 2 aromatic rings. The topological polar surface area (TPSA) is 55.3 Å². The highest BCUT2D eigenvalue weighted by Crippen LogP contribution is 2.30. The fourth-order valence-corrected chi connectivity index (χ4v) is 3.55. The number of nitrogens with zero attached hydrogens (tertiary/aromatic N) is 2. The minimum absolute atomic E-state index is 0.380. The third kappa shape index (κ3) is 6.13. The highest BCUT2D eigenvalue weighted by molar-refractivity contribution is 5.80. The molecule has 0 spiro atoms. The first kappa shape index (κ1) is 22.0. The second kappa shape index (κ2) is 11.5. The average Bonchev–Trinajstić information content (AvgIpc) is 2.79. The standard InChI is InChI=1S/C24H33N3O3/c1-4-25-24(27-16-14-20(15-17-27)29-5-2)26-18-19-10-12-21(13-11-19)30-23-9-7-6-8-22(23)28-3/h6-13,20H,4-5,14-18H2,1-3H3,(H,25,26). The van der Waals surface area contributed by atoms with Crippen molar-refractivity contribution in [2.24, 2.45) is 4.99 Å². The first-order chi connectivity index (χ1) is 14.7. The lowest BCUT2D eigenvalue weighted by Crippen LogP contribution is -2.47.